The summed E-state index contributed by atoms with van der Waals surface area (Å²) in [5.74, 6) is 0.342. The van der Waals surface area contributed by atoms with Gasteiger partial charge in [-0.05, 0) is 41.8 Å². The summed E-state index contributed by atoms with van der Waals surface area (Å²) in [7, 11) is -3.39. The molecule has 1 saturated heterocycles. The van der Waals surface area contributed by atoms with Gasteiger partial charge in [0.1, 0.15) is 4.90 Å². The van der Waals surface area contributed by atoms with Crippen LogP contribution in [0.4, 0.5) is 0 Å². The maximum Gasteiger partial charge on any atom is 0.245 e. The standard InChI is InChI=1S/C11H15BrClNO2S2/c1-8-4-2-3-5-14(8)18(15,16)10-6-9(7-13)17-11(10)12/h6,8H,2-5,7H2,1H3. The minimum absolute atomic E-state index is 0.0787. The molecule has 0 aliphatic carbocycles. The molecule has 1 fully saturated rings. The molecule has 0 amide bonds. The number of thiophene rings is 1. The van der Waals surface area contributed by atoms with E-state index in [1.54, 1.807) is 10.4 Å². The lowest BCUT2D eigenvalue weighted by molar-refractivity contribution is 0.268. The highest BCUT2D eigenvalue weighted by Gasteiger charge is 2.33. The van der Waals surface area contributed by atoms with E-state index in [0.717, 1.165) is 24.1 Å². The lowest BCUT2D eigenvalue weighted by atomic mass is 10.1. The second kappa shape index (κ2) is 5.79. The van der Waals surface area contributed by atoms with Gasteiger partial charge in [0.25, 0.3) is 0 Å². The number of sulfonamides is 1. The molecule has 102 valence electrons. The van der Waals surface area contributed by atoms with Crippen molar-refractivity contribution in [3.05, 3.63) is 14.7 Å². The first-order valence-electron chi connectivity index (χ1n) is 5.83. The molecule has 1 aromatic rings. The van der Waals surface area contributed by atoms with Gasteiger partial charge in [0.2, 0.25) is 10.0 Å². The average molecular weight is 373 g/mol. The average Bonchev–Trinajstić information content (AvgIpc) is 2.71. The summed E-state index contributed by atoms with van der Waals surface area (Å²) in [6.07, 6.45) is 2.97. The molecule has 1 atom stereocenters. The van der Waals surface area contributed by atoms with Crippen LogP contribution in [-0.2, 0) is 15.9 Å². The Morgan fingerprint density at radius 1 is 1.56 bits per heavy atom. The fraction of sp³-hybridized carbons (Fsp3) is 0.636. The third-order valence-electron chi connectivity index (χ3n) is 3.17. The van der Waals surface area contributed by atoms with Crippen molar-refractivity contribution in [3.63, 3.8) is 0 Å². The van der Waals surface area contributed by atoms with Crippen LogP contribution in [0.1, 0.15) is 31.1 Å². The van der Waals surface area contributed by atoms with Crippen LogP contribution in [0.5, 0.6) is 0 Å². The van der Waals surface area contributed by atoms with E-state index in [-0.39, 0.29) is 6.04 Å². The van der Waals surface area contributed by atoms with Crippen molar-refractivity contribution in [1.29, 1.82) is 0 Å². The van der Waals surface area contributed by atoms with Gasteiger partial charge >= 0.3 is 0 Å². The van der Waals surface area contributed by atoms with Gasteiger partial charge in [-0.25, -0.2) is 8.42 Å². The van der Waals surface area contributed by atoms with Crippen molar-refractivity contribution in [3.8, 4) is 0 Å². The van der Waals surface area contributed by atoms with E-state index in [1.807, 2.05) is 6.92 Å². The number of hydrogen-bond acceptors (Lipinski definition) is 3. The summed E-state index contributed by atoms with van der Waals surface area (Å²) in [6.45, 7) is 2.58. The van der Waals surface area contributed by atoms with Gasteiger partial charge < -0.3 is 0 Å². The monoisotopic (exact) mass is 371 g/mol. The van der Waals surface area contributed by atoms with Gasteiger partial charge in [0, 0.05) is 17.5 Å². The number of nitrogens with zero attached hydrogens (tertiary/aromatic N) is 1. The van der Waals surface area contributed by atoms with Crippen LogP contribution < -0.4 is 0 Å². The molecule has 1 aromatic heterocycles. The van der Waals surface area contributed by atoms with Crippen LogP contribution in [0.2, 0.25) is 0 Å². The second-order valence-corrected chi connectivity index (χ2v) is 9.03. The maximum atomic E-state index is 12.6. The first-order chi connectivity index (χ1) is 8.46. The van der Waals surface area contributed by atoms with E-state index in [1.165, 1.54) is 11.3 Å². The molecule has 0 bridgehead atoms. The second-order valence-electron chi connectivity index (χ2n) is 4.44. The van der Waals surface area contributed by atoms with Gasteiger partial charge in [-0.3, -0.25) is 0 Å². The van der Waals surface area contributed by atoms with E-state index in [2.05, 4.69) is 15.9 Å². The minimum atomic E-state index is -3.39. The zero-order chi connectivity index (χ0) is 13.3. The summed E-state index contributed by atoms with van der Waals surface area (Å²) in [5.41, 5.74) is 0. The molecule has 7 heteroatoms. The van der Waals surface area contributed by atoms with E-state index in [4.69, 9.17) is 11.6 Å². The third kappa shape index (κ3) is 2.77. The van der Waals surface area contributed by atoms with E-state index in [0.29, 0.717) is 21.1 Å². The van der Waals surface area contributed by atoms with Crippen molar-refractivity contribution in [1.82, 2.24) is 4.31 Å². The first-order valence-corrected chi connectivity index (χ1v) is 9.41. The molecule has 0 saturated carbocycles. The Labute approximate surface area is 125 Å². The van der Waals surface area contributed by atoms with Gasteiger partial charge in [0.05, 0.1) is 9.67 Å². The molecule has 0 radical (unpaired) electrons. The van der Waals surface area contributed by atoms with Crippen LogP contribution in [0.25, 0.3) is 0 Å². The van der Waals surface area contributed by atoms with Crippen molar-refractivity contribution in [2.24, 2.45) is 0 Å². The van der Waals surface area contributed by atoms with Crippen molar-refractivity contribution in [2.75, 3.05) is 6.54 Å². The Morgan fingerprint density at radius 3 is 2.83 bits per heavy atom. The topological polar surface area (TPSA) is 37.4 Å². The van der Waals surface area contributed by atoms with Crippen molar-refractivity contribution in [2.45, 2.75) is 43.0 Å². The number of alkyl halides is 1. The van der Waals surface area contributed by atoms with Gasteiger partial charge in [-0.2, -0.15) is 4.31 Å². The van der Waals surface area contributed by atoms with Crippen LogP contribution in [0.15, 0.2) is 14.7 Å². The lowest BCUT2D eigenvalue weighted by Gasteiger charge is -2.32. The van der Waals surface area contributed by atoms with Gasteiger partial charge in [-0.1, -0.05) is 6.42 Å². The Bertz CT molecular complexity index is 529. The van der Waals surface area contributed by atoms with E-state index < -0.39 is 10.0 Å². The van der Waals surface area contributed by atoms with Crippen LogP contribution in [0, 0.1) is 0 Å². The zero-order valence-corrected chi connectivity index (χ0v) is 14.0. The summed E-state index contributed by atoms with van der Waals surface area (Å²) in [5, 5.41) is 0. The highest BCUT2D eigenvalue weighted by molar-refractivity contribution is 9.11. The predicted octanol–water partition coefficient (Wildman–Crippen LogP) is 3.81. The Morgan fingerprint density at radius 2 is 2.28 bits per heavy atom. The summed E-state index contributed by atoms with van der Waals surface area (Å²) in [6, 6.07) is 1.76. The lowest BCUT2D eigenvalue weighted by Crippen LogP contribution is -2.41. The molecule has 0 N–H and O–H groups in total. The SMILES string of the molecule is CC1CCCCN1S(=O)(=O)c1cc(CCl)sc1Br. The Hall–Kier alpha value is 0.380. The molecule has 2 heterocycles. The normalized spacial score (nSPS) is 22.3. The summed E-state index contributed by atoms with van der Waals surface area (Å²) < 4.78 is 27.5. The number of halogens is 2. The molecule has 0 spiro atoms. The Balaban J connectivity index is 2.37. The molecule has 2 rings (SSSR count). The van der Waals surface area contributed by atoms with Crippen molar-refractivity contribution < 1.29 is 8.42 Å². The molecule has 1 aliphatic rings. The number of piperidine rings is 1. The molecule has 1 unspecified atom stereocenters. The minimum Gasteiger partial charge on any atom is -0.207 e. The molecular weight excluding hydrogens is 358 g/mol. The number of rotatable bonds is 3. The largest absolute Gasteiger partial charge is 0.245 e. The highest BCUT2D eigenvalue weighted by atomic mass is 79.9. The number of hydrogen-bond donors (Lipinski definition) is 0. The molecule has 3 nitrogen and oxygen atoms in total. The molecule has 0 aromatic carbocycles. The molecule has 18 heavy (non-hydrogen) atoms. The van der Waals surface area contributed by atoms with E-state index >= 15 is 0 Å². The quantitative estimate of drug-likeness (QED) is 0.757. The summed E-state index contributed by atoms with van der Waals surface area (Å²) in [4.78, 5) is 1.23. The first kappa shape index (κ1) is 14.8. The van der Waals surface area contributed by atoms with Crippen molar-refractivity contribution >= 4 is 48.9 Å². The maximum absolute atomic E-state index is 12.6. The molecule has 1 aliphatic heterocycles. The van der Waals surface area contributed by atoms with Crippen LogP contribution >= 0.6 is 38.9 Å². The fourth-order valence-electron chi connectivity index (χ4n) is 2.19. The third-order valence-corrected chi connectivity index (χ3v) is 7.88. The highest BCUT2D eigenvalue weighted by Crippen LogP contribution is 2.36. The van der Waals surface area contributed by atoms with Gasteiger partial charge in [-0.15, -0.1) is 22.9 Å². The molecular formula is C11H15BrClNO2S2. The smallest absolute Gasteiger partial charge is 0.207 e. The summed E-state index contributed by atoms with van der Waals surface area (Å²) >= 11 is 10.5. The Kier molecular flexibility index (Phi) is 4.75. The predicted molar refractivity (Wildman–Crippen MR) is 78.8 cm³/mol. The van der Waals surface area contributed by atoms with Gasteiger partial charge in [0.15, 0.2) is 0 Å². The van der Waals surface area contributed by atoms with Crippen LogP contribution in [0.3, 0.4) is 0 Å². The van der Waals surface area contributed by atoms with Crippen LogP contribution in [-0.4, -0.2) is 25.3 Å². The zero-order valence-electron chi connectivity index (χ0n) is 10.0. The van der Waals surface area contributed by atoms with E-state index in [9.17, 15) is 8.42 Å². The fourth-order valence-corrected chi connectivity index (χ4v) is 6.62.